The molecule has 0 bridgehead atoms. The quantitative estimate of drug-likeness (QED) is 0.0485. The molecular weight excluding hydrogens is 691 g/mol. The highest BCUT2D eigenvalue weighted by molar-refractivity contribution is 7.81. The molecule has 4 atom stereocenters. The molecule has 3 aromatic rings. The lowest BCUT2D eigenvalue weighted by molar-refractivity contribution is 0.104. The van der Waals surface area contributed by atoms with Crippen molar-refractivity contribution in [2.75, 3.05) is 42.9 Å². The van der Waals surface area contributed by atoms with E-state index in [1.54, 1.807) is 6.07 Å². The average Bonchev–Trinajstić information content (AvgIpc) is 3.62. The number of aliphatic hydroxyl groups excluding tert-OH is 1. The van der Waals surface area contributed by atoms with Gasteiger partial charge in [-0.1, -0.05) is 43.1 Å². The summed E-state index contributed by atoms with van der Waals surface area (Å²) in [5.74, 6) is 2.60. The Morgan fingerprint density at radius 2 is 1.92 bits per heavy atom. The summed E-state index contributed by atoms with van der Waals surface area (Å²) in [7, 11) is 1.99. The number of hydrogen-bond acceptors (Lipinski definition) is 11. The Balaban J connectivity index is 1.01. The number of aromatic nitrogens is 5. The Hall–Kier alpha value is -4.60. The first-order valence-electron chi connectivity index (χ1n) is 18.8. The number of amides is 2. The second-order valence-corrected chi connectivity index (χ2v) is 14.7. The van der Waals surface area contributed by atoms with Crippen LogP contribution in [-0.2, 0) is 11.8 Å². The third kappa shape index (κ3) is 9.89. The van der Waals surface area contributed by atoms with Crippen molar-refractivity contribution in [1.29, 1.82) is 0 Å². The smallest absolute Gasteiger partial charge is 0.320 e. The monoisotopic (exact) mass is 743 g/mol. The number of aryl methyl sites for hydroxylation is 1. The Morgan fingerprint density at radius 3 is 2.75 bits per heavy atom. The number of thiocarbonyl (C=S) groups is 1. The molecule has 1 aliphatic carbocycles. The molecule has 1 aromatic carbocycles. The molecule has 4 heterocycles. The molecule has 0 saturated carbocycles. The molecule has 2 aromatic heterocycles. The Labute approximate surface area is 317 Å². The highest BCUT2D eigenvalue weighted by atomic mass is 32.1. The number of carbonyl (C=O) groups is 1. The first kappa shape index (κ1) is 38.1. The second kappa shape index (κ2) is 18.0. The lowest BCUT2D eigenvalue weighted by atomic mass is 9.85. The molecule has 2 saturated heterocycles. The van der Waals surface area contributed by atoms with Gasteiger partial charge in [0.1, 0.15) is 22.7 Å². The fourth-order valence-electron chi connectivity index (χ4n) is 7.39. The molecule has 15 heteroatoms. The van der Waals surface area contributed by atoms with Gasteiger partial charge in [-0.3, -0.25) is 9.88 Å². The molecule has 0 radical (unpaired) electrons. The molecule has 0 spiro atoms. The predicted molar refractivity (Wildman–Crippen MR) is 212 cm³/mol. The van der Waals surface area contributed by atoms with Crippen LogP contribution >= 0.6 is 12.2 Å². The van der Waals surface area contributed by atoms with Crippen molar-refractivity contribution < 1.29 is 14.6 Å². The van der Waals surface area contributed by atoms with Gasteiger partial charge in [-0.25, -0.2) is 9.48 Å². The fraction of sp³-hybridized carbons (Fsp3) is 0.526. The third-order valence-corrected chi connectivity index (χ3v) is 10.6. The van der Waals surface area contributed by atoms with E-state index < -0.39 is 0 Å². The van der Waals surface area contributed by atoms with Crippen LogP contribution in [0.5, 0.6) is 0 Å². The topological polar surface area (TPSA) is 150 Å². The van der Waals surface area contributed by atoms with Crippen LogP contribution in [0.1, 0.15) is 93.1 Å². The van der Waals surface area contributed by atoms with Crippen molar-refractivity contribution in [2.24, 2.45) is 12.1 Å². The number of nitrogens with one attached hydrogen (secondary N) is 3. The number of hydrazone groups is 1. The number of anilines is 2. The maximum atomic E-state index is 13.4. The highest BCUT2D eigenvalue weighted by Gasteiger charge is 2.30. The Morgan fingerprint density at radius 1 is 1.09 bits per heavy atom. The van der Waals surface area contributed by atoms with Crippen LogP contribution in [0, 0.1) is 6.92 Å². The van der Waals surface area contributed by atoms with E-state index in [0.29, 0.717) is 47.7 Å². The van der Waals surface area contributed by atoms with Gasteiger partial charge in [-0.2, -0.15) is 10.2 Å². The summed E-state index contributed by atoms with van der Waals surface area (Å²) in [6, 6.07) is 9.66. The summed E-state index contributed by atoms with van der Waals surface area (Å²) in [6.07, 6.45) is 12.5. The number of nitrogens with zero attached hydrogens (tertiary/aromatic N) is 8. The largest absolute Gasteiger partial charge is 0.486 e. The molecule has 284 valence electrons. The van der Waals surface area contributed by atoms with Crippen LogP contribution in [0.15, 0.2) is 53.8 Å². The molecule has 14 nitrogen and oxygen atoms in total. The molecule has 1 unspecified atom stereocenters. The third-order valence-electron chi connectivity index (χ3n) is 10.3. The molecule has 6 rings (SSSR count). The maximum Gasteiger partial charge on any atom is 0.320 e. The number of hydrogen-bond donors (Lipinski definition) is 4. The number of allylic oxidation sites excluding steroid dienone is 1. The van der Waals surface area contributed by atoms with Crippen molar-refractivity contribution in [1.82, 2.24) is 40.2 Å². The molecule has 53 heavy (non-hydrogen) atoms. The van der Waals surface area contributed by atoms with Crippen LogP contribution in [0.2, 0.25) is 0 Å². The minimum atomic E-state index is -0.361. The van der Waals surface area contributed by atoms with E-state index in [0.717, 1.165) is 74.8 Å². The fourth-order valence-corrected chi connectivity index (χ4v) is 7.58. The normalized spacial score (nSPS) is 22.4. The number of ether oxygens (including phenoxy) is 1. The van der Waals surface area contributed by atoms with Crippen LogP contribution in [0.4, 0.5) is 16.6 Å². The molecule has 2 aliphatic heterocycles. The number of benzene rings is 1. The lowest BCUT2D eigenvalue weighted by Crippen LogP contribution is -2.39. The van der Waals surface area contributed by atoms with Gasteiger partial charge in [0.2, 0.25) is 5.95 Å². The number of rotatable bonds is 12. The van der Waals surface area contributed by atoms with Gasteiger partial charge in [0.15, 0.2) is 5.82 Å². The average molecular weight is 744 g/mol. The van der Waals surface area contributed by atoms with Crippen molar-refractivity contribution in [3.8, 4) is 0 Å². The SMILES string of the molecule is C=C(/C=C\c1nnc(N2CCCC[C@@H]2C)n1C)O[C@@H]1CC[C@H](NC(=O)Nc2cc(C)nn2C(=S)/C=N\NCCN2CCCC(O)CC2)c2ccccc21. The zero-order chi connectivity index (χ0) is 37.3. The molecule has 2 fully saturated rings. The zero-order valence-corrected chi connectivity index (χ0v) is 31.9. The summed E-state index contributed by atoms with van der Waals surface area (Å²) in [5.41, 5.74) is 5.77. The number of urea groups is 1. The van der Waals surface area contributed by atoms with Gasteiger partial charge in [0.25, 0.3) is 0 Å². The second-order valence-electron chi connectivity index (χ2n) is 14.2. The van der Waals surface area contributed by atoms with Gasteiger partial charge >= 0.3 is 6.03 Å². The number of aliphatic hydroxyl groups is 1. The molecule has 2 amide bonds. The van der Waals surface area contributed by atoms with Gasteiger partial charge in [-0.05, 0) is 95.0 Å². The first-order valence-corrected chi connectivity index (χ1v) is 19.2. The van der Waals surface area contributed by atoms with Crippen LogP contribution in [0.3, 0.4) is 0 Å². The summed E-state index contributed by atoms with van der Waals surface area (Å²) in [6.45, 7) is 12.6. The van der Waals surface area contributed by atoms with E-state index in [1.807, 2.05) is 55.0 Å². The number of fused-ring (bicyclic) bond motifs is 1. The maximum absolute atomic E-state index is 13.4. The van der Waals surface area contributed by atoms with Gasteiger partial charge < -0.3 is 30.4 Å². The van der Waals surface area contributed by atoms with E-state index in [9.17, 15) is 9.90 Å². The predicted octanol–water partition coefficient (Wildman–Crippen LogP) is 5.24. The van der Waals surface area contributed by atoms with Crippen LogP contribution in [0.25, 0.3) is 6.08 Å². The minimum Gasteiger partial charge on any atom is -0.486 e. The summed E-state index contributed by atoms with van der Waals surface area (Å²) < 4.78 is 9.88. The van der Waals surface area contributed by atoms with E-state index in [1.165, 1.54) is 23.7 Å². The Kier molecular flexibility index (Phi) is 12.9. The van der Waals surface area contributed by atoms with Crippen molar-refractivity contribution >= 4 is 47.3 Å². The van der Waals surface area contributed by atoms with Crippen molar-refractivity contribution in [2.45, 2.75) is 89.5 Å². The molecule has 3 aliphatic rings. The number of piperidine rings is 1. The summed E-state index contributed by atoms with van der Waals surface area (Å²) in [5, 5.41) is 33.6. The highest BCUT2D eigenvalue weighted by Crippen LogP contribution is 2.39. The van der Waals surface area contributed by atoms with Crippen molar-refractivity contribution in [3.63, 3.8) is 0 Å². The minimum absolute atomic E-state index is 0.199. The summed E-state index contributed by atoms with van der Waals surface area (Å²) >= 11 is 5.59. The van der Waals surface area contributed by atoms with E-state index in [4.69, 9.17) is 17.0 Å². The number of carbonyl (C=O) groups excluding carboxylic acids is 1. The van der Waals surface area contributed by atoms with E-state index in [2.05, 4.69) is 59.8 Å². The molecular formula is C38H53N11O3S. The van der Waals surface area contributed by atoms with Crippen molar-refractivity contribution in [3.05, 3.63) is 71.4 Å². The lowest BCUT2D eigenvalue weighted by Gasteiger charge is -2.33. The molecule has 4 N–H and O–H groups in total. The van der Waals surface area contributed by atoms with Crippen LogP contribution in [-0.4, -0.2) is 96.7 Å². The van der Waals surface area contributed by atoms with Gasteiger partial charge in [0.05, 0.1) is 24.1 Å². The standard InChI is InChI=1S/C38H53N11O3S/c1-26-24-35(49(45-26)36(53)25-40-39-19-23-47-20-9-11-29(50)18-22-47)42-37(51)41-32-15-16-33(31-13-6-5-12-30(31)32)52-28(3)14-17-34-43-44-38(46(34)4)48-21-8-7-10-27(48)2/h5-6,12-14,17,24-25,27,29,32-33,39,50H,3,7-11,15-16,18-23H2,1-2,4H3,(H2,41,42,51)/b17-14-,40-25-/t27-,29?,32-,33+/m0/s1. The Bertz CT molecular complexity index is 1800. The first-order chi connectivity index (χ1) is 25.7. The van der Waals surface area contributed by atoms with Gasteiger partial charge in [-0.15, -0.1) is 10.2 Å². The van der Waals surface area contributed by atoms with E-state index in [-0.39, 0.29) is 24.3 Å². The zero-order valence-electron chi connectivity index (χ0n) is 31.1. The van der Waals surface area contributed by atoms with Gasteiger partial charge in [0, 0.05) is 45.3 Å². The summed E-state index contributed by atoms with van der Waals surface area (Å²) in [4.78, 5) is 18.3. The number of likely N-dealkylation sites (tertiary alicyclic amines) is 1. The van der Waals surface area contributed by atoms with E-state index >= 15 is 0 Å². The van der Waals surface area contributed by atoms with Crippen LogP contribution < -0.4 is 21.0 Å².